The van der Waals surface area contributed by atoms with Gasteiger partial charge in [-0.05, 0) is 44.6 Å². The van der Waals surface area contributed by atoms with Gasteiger partial charge in [-0.2, -0.15) is 0 Å². The maximum absolute atomic E-state index is 11.8. The van der Waals surface area contributed by atoms with Crippen LogP contribution in [0.25, 0.3) is 0 Å². The first kappa shape index (κ1) is 27.7. The van der Waals surface area contributed by atoms with E-state index < -0.39 is 11.4 Å². The van der Waals surface area contributed by atoms with Gasteiger partial charge in [0.15, 0.2) is 0 Å². The molecule has 1 aliphatic rings. The molecular formula is C24H48ClNO2. The molecule has 0 atom stereocenters. The molecule has 0 aromatic carbocycles. The van der Waals surface area contributed by atoms with Gasteiger partial charge < -0.3 is 10.8 Å². The Hall–Kier alpha value is -0.280. The largest absolute Gasteiger partial charge is 0.481 e. The number of carbonyl (C=O) groups is 1. The lowest BCUT2D eigenvalue weighted by molar-refractivity contribution is -0.152. The molecule has 0 unspecified atom stereocenters. The molecule has 0 heterocycles. The fourth-order valence-electron chi connectivity index (χ4n) is 4.69. The van der Waals surface area contributed by atoms with Gasteiger partial charge in [-0.1, -0.05) is 96.8 Å². The maximum atomic E-state index is 11.8. The predicted molar refractivity (Wildman–Crippen MR) is 123 cm³/mol. The van der Waals surface area contributed by atoms with Crippen molar-refractivity contribution in [2.45, 2.75) is 129 Å². The van der Waals surface area contributed by atoms with Crippen molar-refractivity contribution in [2.75, 3.05) is 6.54 Å². The van der Waals surface area contributed by atoms with E-state index in [2.05, 4.69) is 6.92 Å². The molecule has 1 fully saturated rings. The molecule has 0 spiro atoms. The number of halogens is 1. The molecule has 0 bridgehead atoms. The number of rotatable bonds is 17. The molecule has 0 aromatic rings. The molecule has 4 heteroatoms. The highest BCUT2D eigenvalue weighted by Crippen LogP contribution is 2.42. The average molecular weight is 418 g/mol. The molecule has 0 aromatic heterocycles. The molecule has 28 heavy (non-hydrogen) atoms. The van der Waals surface area contributed by atoms with Crippen LogP contribution in [0.3, 0.4) is 0 Å². The molecule has 1 aliphatic carbocycles. The van der Waals surface area contributed by atoms with Crippen LogP contribution < -0.4 is 5.73 Å². The van der Waals surface area contributed by atoms with Crippen molar-refractivity contribution in [1.82, 2.24) is 0 Å². The summed E-state index contributed by atoms with van der Waals surface area (Å²) in [6.07, 6.45) is 23.4. The van der Waals surface area contributed by atoms with Crippen molar-refractivity contribution in [3.63, 3.8) is 0 Å². The van der Waals surface area contributed by atoms with E-state index in [1.54, 1.807) is 0 Å². The molecule has 1 saturated carbocycles. The molecule has 3 N–H and O–H groups in total. The van der Waals surface area contributed by atoms with Crippen molar-refractivity contribution in [2.24, 2.45) is 17.1 Å². The van der Waals surface area contributed by atoms with Crippen LogP contribution in [0.5, 0.6) is 0 Å². The third kappa shape index (κ3) is 11.7. The van der Waals surface area contributed by atoms with Crippen molar-refractivity contribution < 1.29 is 9.90 Å². The normalized spacial score (nSPS) is 22.0. The van der Waals surface area contributed by atoms with Crippen LogP contribution in [0.15, 0.2) is 0 Å². The Morgan fingerprint density at radius 3 is 1.57 bits per heavy atom. The fraction of sp³-hybridized carbons (Fsp3) is 0.958. The first-order valence-electron chi connectivity index (χ1n) is 12.1. The summed E-state index contributed by atoms with van der Waals surface area (Å²) >= 11 is 0. The van der Waals surface area contributed by atoms with Crippen molar-refractivity contribution in [1.29, 1.82) is 0 Å². The van der Waals surface area contributed by atoms with E-state index in [-0.39, 0.29) is 12.4 Å². The van der Waals surface area contributed by atoms with Crippen molar-refractivity contribution >= 4 is 18.4 Å². The van der Waals surface area contributed by atoms with Gasteiger partial charge in [0.1, 0.15) is 0 Å². The van der Waals surface area contributed by atoms with Gasteiger partial charge in [-0.25, -0.2) is 0 Å². The second kappa shape index (κ2) is 17.6. The molecule has 0 saturated heterocycles. The number of nitrogens with two attached hydrogens (primary N) is 1. The number of hydrogen-bond acceptors (Lipinski definition) is 2. The summed E-state index contributed by atoms with van der Waals surface area (Å²) < 4.78 is 0. The van der Waals surface area contributed by atoms with Gasteiger partial charge in [0.05, 0.1) is 5.41 Å². The Labute approximate surface area is 181 Å². The van der Waals surface area contributed by atoms with E-state index in [9.17, 15) is 9.90 Å². The van der Waals surface area contributed by atoms with Crippen LogP contribution in [0.2, 0.25) is 0 Å². The Bertz CT molecular complexity index is 368. The minimum Gasteiger partial charge on any atom is -0.481 e. The lowest BCUT2D eigenvalue weighted by Gasteiger charge is -2.36. The highest BCUT2D eigenvalue weighted by molar-refractivity contribution is 5.85. The first-order chi connectivity index (χ1) is 13.1. The van der Waals surface area contributed by atoms with E-state index >= 15 is 0 Å². The van der Waals surface area contributed by atoms with Gasteiger partial charge in [-0.15, -0.1) is 12.4 Å². The summed E-state index contributed by atoms with van der Waals surface area (Å²) in [7, 11) is 0. The van der Waals surface area contributed by atoms with Gasteiger partial charge in [-0.3, -0.25) is 4.79 Å². The SMILES string of the molecule is CCCCCCCCCCCCCCCC[C@]1(C(=O)O)CC[C@H](CN)CC1.Cl. The van der Waals surface area contributed by atoms with Gasteiger partial charge >= 0.3 is 5.97 Å². The van der Waals surface area contributed by atoms with E-state index in [4.69, 9.17) is 5.73 Å². The van der Waals surface area contributed by atoms with Crippen LogP contribution in [0.4, 0.5) is 0 Å². The average Bonchev–Trinajstić information content (AvgIpc) is 2.68. The van der Waals surface area contributed by atoms with Crippen LogP contribution in [0, 0.1) is 11.3 Å². The van der Waals surface area contributed by atoms with Gasteiger partial charge in [0.2, 0.25) is 0 Å². The minimum absolute atomic E-state index is 0. The molecular weight excluding hydrogens is 370 g/mol. The van der Waals surface area contributed by atoms with Gasteiger partial charge in [0, 0.05) is 0 Å². The second-order valence-corrected chi connectivity index (χ2v) is 9.11. The maximum Gasteiger partial charge on any atom is 0.309 e. The van der Waals surface area contributed by atoms with Crippen molar-refractivity contribution in [3.05, 3.63) is 0 Å². The highest BCUT2D eigenvalue weighted by atomic mass is 35.5. The summed E-state index contributed by atoms with van der Waals surface area (Å²) in [4.78, 5) is 11.8. The number of carboxylic acid groups (broad SMARTS) is 1. The summed E-state index contributed by atoms with van der Waals surface area (Å²) in [5, 5.41) is 9.72. The zero-order valence-corrected chi connectivity index (χ0v) is 19.4. The zero-order chi connectivity index (χ0) is 19.8. The third-order valence-electron chi connectivity index (χ3n) is 6.86. The van der Waals surface area contributed by atoms with Crippen molar-refractivity contribution in [3.8, 4) is 0 Å². The molecule has 0 amide bonds. The molecule has 3 nitrogen and oxygen atoms in total. The topological polar surface area (TPSA) is 63.3 Å². The lowest BCUT2D eigenvalue weighted by Crippen LogP contribution is -2.37. The van der Waals surface area contributed by atoms with Crippen LogP contribution in [-0.4, -0.2) is 17.6 Å². The Kier molecular flexibility index (Phi) is 17.4. The summed E-state index contributed by atoms with van der Waals surface area (Å²) in [5.74, 6) is -0.0125. The summed E-state index contributed by atoms with van der Waals surface area (Å²) in [5.41, 5.74) is 5.31. The molecule has 0 radical (unpaired) electrons. The molecule has 1 rings (SSSR count). The van der Waals surface area contributed by atoms with Crippen LogP contribution in [0.1, 0.15) is 129 Å². The number of carboxylic acids is 1. The van der Waals surface area contributed by atoms with Crippen LogP contribution in [-0.2, 0) is 4.79 Å². The highest BCUT2D eigenvalue weighted by Gasteiger charge is 2.40. The predicted octanol–water partition coefficient (Wildman–Crippen LogP) is 7.50. The van der Waals surface area contributed by atoms with Gasteiger partial charge in [0.25, 0.3) is 0 Å². The number of aliphatic carboxylic acids is 1. The summed E-state index contributed by atoms with van der Waals surface area (Å²) in [6, 6.07) is 0. The lowest BCUT2D eigenvalue weighted by atomic mass is 9.68. The molecule has 168 valence electrons. The quantitative estimate of drug-likeness (QED) is 0.241. The fourth-order valence-corrected chi connectivity index (χ4v) is 4.69. The standard InChI is InChI=1S/C24H47NO2.ClH/c1-2-3-4-5-6-7-8-9-10-11-12-13-14-15-18-24(23(26)27)19-16-22(21-25)17-20-24;/h22H,2-21,25H2,1H3,(H,26,27);1H/t22-,24-;. The molecule has 0 aliphatic heterocycles. The number of hydrogen-bond donors (Lipinski definition) is 2. The summed E-state index contributed by atoms with van der Waals surface area (Å²) in [6.45, 7) is 2.99. The monoisotopic (exact) mass is 417 g/mol. The zero-order valence-electron chi connectivity index (χ0n) is 18.6. The second-order valence-electron chi connectivity index (χ2n) is 9.11. The smallest absolute Gasteiger partial charge is 0.309 e. The first-order valence-corrected chi connectivity index (χ1v) is 12.1. The van der Waals surface area contributed by atoms with Crippen LogP contribution >= 0.6 is 12.4 Å². The Morgan fingerprint density at radius 1 is 0.821 bits per heavy atom. The van der Waals surface area contributed by atoms with E-state index in [0.29, 0.717) is 12.5 Å². The Balaban J connectivity index is 0.00000729. The van der Waals surface area contributed by atoms with E-state index in [1.165, 1.54) is 83.5 Å². The Morgan fingerprint density at radius 2 is 1.21 bits per heavy atom. The van der Waals surface area contributed by atoms with E-state index in [1.807, 2.05) is 0 Å². The minimum atomic E-state index is -0.562. The number of unbranched alkanes of at least 4 members (excludes halogenated alkanes) is 13. The van der Waals surface area contributed by atoms with E-state index in [0.717, 1.165) is 38.5 Å². The third-order valence-corrected chi connectivity index (χ3v) is 6.86.